The lowest BCUT2D eigenvalue weighted by molar-refractivity contribution is 0.0906. The zero-order valence-corrected chi connectivity index (χ0v) is 19.9. The van der Waals surface area contributed by atoms with Gasteiger partial charge in [-0.05, 0) is 50.5 Å². The van der Waals surface area contributed by atoms with Crippen molar-refractivity contribution >= 4 is 5.96 Å². The Morgan fingerprint density at radius 1 is 1.15 bits per heavy atom. The monoisotopic (exact) mass is 446 g/mol. The second-order valence-corrected chi connectivity index (χ2v) is 8.64. The second kappa shape index (κ2) is 11.1. The molecule has 1 aliphatic heterocycles. The Hall–Kier alpha value is -3.19. The molecule has 0 amide bonds. The summed E-state index contributed by atoms with van der Waals surface area (Å²) in [4.78, 5) is 11.8. The maximum Gasteiger partial charge on any atom is 0.194 e. The van der Waals surface area contributed by atoms with E-state index in [1.165, 1.54) is 5.56 Å². The lowest BCUT2D eigenvalue weighted by Crippen LogP contribution is -2.40. The predicted molar refractivity (Wildman–Crippen MR) is 131 cm³/mol. The van der Waals surface area contributed by atoms with Gasteiger partial charge in [0.15, 0.2) is 11.8 Å². The van der Waals surface area contributed by atoms with Gasteiger partial charge in [0.25, 0.3) is 0 Å². The van der Waals surface area contributed by atoms with E-state index in [1.807, 2.05) is 36.9 Å². The third-order valence-electron chi connectivity index (χ3n) is 5.83. The molecular formula is C26H34N6O. The molecule has 174 valence electrons. The summed E-state index contributed by atoms with van der Waals surface area (Å²) >= 11 is 0. The first kappa shape index (κ1) is 23.0. The van der Waals surface area contributed by atoms with Gasteiger partial charge >= 0.3 is 0 Å². The Labute approximate surface area is 196 Å². The smallest absolute Gasteiger partial charge is 0.194 e. The SMILES string of the molecule is CCNC(=NCc1ccc(-n2nc(C)cc2C)nc1)N1CCC(COCc2ccccc2)C1. The third kappa shape index (κ3) is 6.20. The molecule has 7 nitrogen and oxygen atoms in total. The van der Waals surface area contributed by atoms with Crippen LogP contribution < -0.4 is 5.32 Å². The highest BCUT2D eigenvalue weighted by Gasteiger charge is 2.25. The molecular weight excluding hydrogens is 412 g/mol. The molecule has 4 rings (SSSR count). The maximum atomic E-state index is 5.98. The van der Waals surface area contributed by atoms with Crippen molar-refractivity contribution in [2.75, 3.05) is 26.2 Å². The number of pyridine rings is 1. The highest BCUT2D eigenvalue weighted by molar-refractivity contribution is 5.80. The quantitative estimate of drug-likeness (QED) is 0.420. The average molecular weight is 447 g/mol. The molecule has 0 aliphatic carbocycles. The molecule has 1 fully saturated rings. The number of guanidine groups is 1. The molecule has 7 heteroatoms. The predicted octanol–water partition coefficient (Wildman–Crippen LogP) is 3.89. The third-order valence-corrected chi connectivity index (χ3v) is 5.83. The van der Waals surface area contributed by atoms with Crippen LogP contribution in [0, 0.1) is 19.8 Å². The number of aryl methyl sites for hydroxylation is 2. The zero-order valence-electron chi connectivity index (χ0n) is 19.9. The van der Waals surface area contributed by atoms with Gasteiger partial charge in [0.1, 0.15) is 0 Å². The minimum Gasteiger partial charge on any atom is -0.376 e. The second-order valence-electron chi connectivity index (χ2n) is 8.64. The summed E-state index contributed by atoms with van der Waals surface area (Å²) in [5.41, 5.74) is 4.38. The molecule has 0 spiro atoms. The fraction of sp³-hybridized carbons (Fsp3) is 0.423. The summed E-state index contributed by atoms with van der Waals surface area (Å²) in [6.07, 6.45) is 3.02. The standard InChI is InChI=1S/C26H34N6O/c1-4-27-26(31-13-12-24(17-31)19-33-18-22-8-6-5-7-9-22)29-16-23-10-11-25(28-15-23)32-21(3)14-20(2)30-32/h5-11,14-15,24H,4,12-13,16-19H2,1-3H3,(H,27,29). The first-order valence-electron chi connectivity index (χ1n) is 11.8. The number of aromatic nitrogens is 3. The van der Waals surface area contributed by atoms with E-state index < -0.39 is 0 Å². The van der Waals surface area contributed by atoms with Gasteiger partial charge in [-0.1, -0.05) is 36.4 Å². The number of benzene rings is 1. The minimum atomic E-state index is 0.527. The van der Waals surface area contributed by atoms with E-state index in [-0.39, 0.29) is 0 Å². The van der Waals surface area contributed by atoms with Crippen molar-refractivity contribution in [2.24, 2.45) is 10.9 Å². The van der Waals surface area contributed by atoms with Crippen LogP contribution in [0.25, 0.3) is 5.82 Å². The number of likely N-dealkylation sites (tertiary alicyclic amines) is 1. The molecule has 1 aromatic carbocycles. The van der Waals surface area contributed by atoms with E-state index in [4.69, 9.17) is 9.73 Å². The van der Waals surface area contributed by atoms with E-state index >= 15 is 0 Å². The molecule has 1 atom stereocenters. The van der Waals surface area contributed by atoms with E-state index in [1.54, 1.807) is 0 Å². The molecule has 1 unspecified atom stereocenters. The minimum absolute atomic E-state index is 0.527. The van der Waals surface area contributed by atoms with Crippen LogP contribution in [0.5, 0.6) is 0 Å². The Bertz CT molecular complexity index is 1040. The van der Waals surface area contributed by atoms with Crippen molar-refractivity contribution in [3.63, 3.8) is 0 Å². The van der Waals surface area contributed by atoms with Crippen molar-refractivity contribution in [2.45, 2.75) is 40.3 Å². The Balaban J connectivity index is 1.31. The normalized spacial score (nSPS) is 16.4. The molecule has 0 saturated carbocycles. The van der Waals surface area contributed by atoms with E-state index in [0.29, 0.717) is 19.1 Å². The first-order chi connectivity index (χ1) is 16.1. The van der Waals surface area contributed by atoms with Crippen LogP contribution in [0.15, 0.2) is 59.7 Å². The highest BCUT2D eigenvalue weighted by Crippen LogP contribution is 2.18. The van der Waals surface area contributed by atoms with Crippen LogP contribution in [0.3, 0.4) is 0 Å². The lowest BCUT2D eigenvalue weighted by Gasteiger charge is -2.21. The molecule has 33 heavy (non-hydrogen) atoms. The Morgan fingerprint density at radius 2 is 2.00 bits per heavy atom. The van der Waals surface area contributed by atoms with Crippen molar-refractivity contribution in [3.8, 4) is 5.82 Å². The molecule has 0 bridgehead atoms. The van der Waals surface area contributed by atoms with E-state index in [2.05, 4.69) is 63.6 Å². The van der Waals surface area contributed by atoms with Crippen molar-refractivity contribution in [3.05, 3.63) is 77.2 Å². The summed E-state index contributed by atoms with van der Waals surface area (Å²) in [6.45, 7) is 11.0. The number of hydrogen-bond acceptors (Lipinski definition) is 4. The van der Waals surface area contributed by atoms with Crippen molar-refractivity contribution in [1.29, 1.82) is 0 Å². The Kier molecular flexibility index (Phi) is 7.73. The number of aliphatic imine (C=N–C) groups is 1. The number of ether oxygens (including phenoxy) is 1. The summed E-state index contributed by atoms with van der Waals surface area (Å²) in [7, 11) is 0. The van der Waals surface area contributed by atoms with Crippen LogP contribution >= 0.6 is 0 Å². The van der Waals surface area contributed by atoms with Crippen LogP contribution in [-0.4, -0.2) is 51.9 Å². The van der Waals surface area contributed by atoms with Crippen LogP contribution in [-0.2, 0) is 17.9 Å². The van der Waals surface area contributed by atoms with Gasteiger partial charge in [-0.2, -0.15) is 5.10 Å². The van der Waals surface area contributed by atoms with Crippen molar-refractivity contribution in [1.82, 2.24) is 25.0 Å². The van der Waals surface area contributed by atoms with Gasteiger partial charge in [0, 0.05) is 37.4 Å². The lowest BCUT2D eigenvalue weighted by atomic mass is 10.1. The van der Waals surface area contributed by atoms with Crippen LogP contribution in [0.4, 0.5) is 0 Å². The molecule has 1 aliphatic rings. The number of nitrogens with zero attached hydrogens (tertiary/aromatic N) is 5. The largest absolute Gasteiger partial charge is 0.376 e. The van der Waals surface area contributed by atoms with Crippen molar-refractivity contribution < 1.29 is 4.74 Å². The number of rotatable bonds is 8. The Morgan fingerprint density at radius 3 is 2.70 bits per heavy atom. The molecule has 1 saturated heterocycles. The zero-order chi connectivity index (χ0) is 23.0. The summed E-state index contributed by atoms with van der Waals surface area (Å²) in [5.74, 6) is 2.32. The van der Waals surface area contributed by atoms with Gasteiger partial charge in [-0.3, -0.25) is 0 Å². The topological polar surface area (TPSA) is 67.6 Å². The molecule has 2 aromatic heterocycles. The van der Waals surface area contributed by atoms with Gasteiger partial charge in [-0.15, -0.1) is 0 Å². The number of hydrogen-bond donors (Lipinski definition) is 1. The highest BCUT2D eigenvalue weighted by atomic mass is 16.5. The maximum absolute atomic E-state index is 5.98. The van der Waals surface area contributed by atoms with Crippen LogP contribution in [0.1, 0.15) is 35.9 Å². The molecule has 3 heterocycles. The van der Waals surface area contributed by atoms with Gasteiger partial charge in [0.2, 0.25) is 0 Å². The molecule has 0 radical (unpaired) electrons. The van der Waals surface area contributed by atoms with Gasteiger partial charge in [-0.25, -0.2) is 14.7 Å². The summed E-state index contributed by atoms with van der Waals surface area (Å²) in [6, 6.07) is 16.5. The average Bonchev–Trinajstić information content (AvgIpc) is 3.43. The van der Waals surface area contributed by atoms with E-state index in [9.17, 15) is 0 Å². The van der Waals surface area contributed by atoms with Gasteiger partial charge in [0.05, 0.1) is 25.5 Å². The van der Waals surface area contributed by atoms with Crippen LogP contribution in [0.2, 0.25) is 0 Å². The van der Waals surface area contributed by atoms with E-state index in [0.717, 1.165) is 61.4 Å². The molecule has 3 aromatic rings. The van der Waals surface area contributed by atoms with Gasteiger partial charge < -0.3 is 15.0 Å². The fourth-order valence-electron chi connectivity index (χ4n) is 4.17. The molecule has 1 N–H and O–H groups in total. The first-order valence-corrected chi connectivity index (χ1v) is 11.8. The number of nitrogens with one attached hydrogen (secondary N) is 1. The summed E-state index contributed by atoms with van der Waals surface area (Å²) in [5, 5.41) is 7.95. The fourth-order valence-corrected chi connectivity index (χ4v) is 4.17. The summed E-state index contributed by atoms with van der Waals surface area (Å²) < 4.78 is 7.85.